The Hall–Kier alpha value is -1.57. The molecule has 2 heteroatoms. The molecule has 0 saturated carbocycles. The number of nitrogens with zero attached hydrogens (tertiary/aromatic N) is 2. The summed E-state index contributed by atoms with van der Waals surface area (Å²) in [7, 11) is 0. The molecule has 1 aromatic heterocycles. The maximum absolute atomic E-state index is 2.60. The van der Waals surface area contributed by atoms with Crippen molar-refractivity contribution in [2.75, 3.05) is 0 Å². The van der Waals surface area contributed by atoms with Crippen LogP contribution >= 0.6 is 0 Å². The lowest BCUT2D eigenvalue weighted by Crippen LogP contribution is -2.37. The summed E-state index contributed by atoms with van der Waals surface area (Å²) in [6.45, 7) is 6.96. The van der Waals surface area contributed by atoms with Crippen molar-refractivity contribution < 1.29 is 4.57 Å². The molecule has 0 amide bonds. The summed E-state index contributed by atoms with van der Waals surface area (Å²) in [5.74, 6) is 1.58. The standard InChI is InChI=1S/C36H63N2/c1-3-5-7-9-11-13-14-16-18-20-25-31-37-33-34-38(32-26-29-35-27-22-21-23-28-35)36(37)30-24-19-17-15-12-10-8-6-4-2/h21-23,27-28,33-34H,3-20,24-26,29-32H2,1-2H3/q+1. The first-order valence-corrected chi connectivity index (χ1v) is 17.0. The molecule has 0 N–H and O–H groups in total. The van der Waals surface area contributed by atoms with E-state index in [1.54, 1.807) is 5.82 Å². The third-order valence-electron chi connectivity index (χ3n) is 8.30. The molecule has 0 radical (unpaired) electrons. The van der Waals surface area contributed by atoms with Crippen LogP contribution in [0.4, 0.5) is 0 Å². The van der Waals surface area contributed by atoms with Gasteiger partial charge in [0.2, 0.25) is 0 Å². The molecule has 0 aliphatic carbocycles. The minimum atomic E-state index is 1.15. The number of aromatic nitrogens is 2. The van der Waals surface area contributed by atoms with Crippen LogP contribution in [0.1, 0.15) is 160 Å². The van der Waals surface area contributed by atoms with Gasteiger partial charge >= 0.3 is 0 Å². The van der Waals surface area contributed by atoms with Gasteiger partial charge in [-0.05, 0) is 37.7 Å². The fourth-order valence-electron chi connectivity index (χ4n) is 5.83. The first-order chi connectivity index (χ1) is 18.8. The molecule has 0 bridgehead atoms. The first-order valence-electron chi connectivity index (χ1n) is 17.0. The van der Waals surface area contributed by atoms with Crippen molar-refractivity contribution in [3.63, 3.8) is 0 Å². The van der Waals surface area contributed by atoms with E-state index in [1.165, 1.54) is 160 Å². The summed E-state index contributed by atoms with van der Waals surface area (Å²) in [4.78, 5) is 0. The van der Waals surface area contributed by atoms with E-state index in [0.717, 1.165) is 6.54 Å². The molecular weight excluding hydrogens is 460 g/mol. The van der Waals surface area contributed by atoms with E-state index >= 15 is 0 Å². The normalized spacial score (nSPS) is 11.4. The zero-order chi connectivity index (χ0) is 26.9. The molecule has 216 valence electrons. The Morgan fingerprint density at radius 3 is 1.58 bits per heavy atom. The number of imidazole rings is 1. The summed E-state index contributed by atoms with van der Waals surface area (Å²) < 4.78 is 5.17. The molecule has 1 aromatic carbocycles. The maximum Gasteiger partial charge on any atom is 0.256 e. The fourth-order valence-corrected chi connectivity index (χ4v) is 5.83. The minimum absolute atomic E-state index is 1.15. The molecule has 0 aliphatic heterocycles. The van der Waals surface area contributed by atoms with Crippen molar-refractivity contribution in [1.29, 1.82) is 0 Å². The monoisotopic (exact) mass is 523 g/mol. The summed E-state index contributed by atoms with van der Waals surface area (Å²) >= 11 is 0. The zero-order valence-corrected chi connectivity index (χ0v) is 25.6. The topological polar surface area (TPSA) is 8.81 Å². The quantitative estimate of drug-likeness (QED) is 0.0856. The van der Waals surface area contributed by atoms with Crippen molar-refractivity contribution in [1.82, 2.24) is 4.57 Å². The summed E-state index contributed by atoms with van der Waals surface area (Å²) in [5, 5.41) is 0. The highest BCUT2D eigenvalue weighted by Gasteiger charge is 2.16. The molecule has 0 aliphatic rings. The van der Waals surface area contributed by atoms with Crippen LogP contribution in [0.2, 0.25) is 0 Å². The molecule has 2 rings (SSSR count). The van der Waals surface area contributed by atoms with Gasteiger partial charge in [-0.1, -0.05) is 153 Å². The lowest BCUT2D eigenvalue weighted by molar-refractivity contribution is -0.704. The Bertz CT molecular complexity index is 763. The fraction of sp³-hybridized carbons (Fsp3) is 0.750. The Kier molecular flexibility index (Phi) is 20.0. The van der Waals surface area contributed by atoms with Gasteiger partial charge in [0.15, 0.2) is 0 Å². The maximum atomic E-state index is 2.60. The van der Waals surface area contributed by atoms with E-state index in [9.17, 15) is 0 Å². The predicted octanol–water partition coefficient (Wildman–Crippen LogP) is 10.8. The lowest BCUT2D eigenvalue weighted by Gasteiger charge is -2.07. The van der Waals surface area contributed by atoms with Crippen LogP contribution in [0, 0.1) is 0 Å². The molecule has 2 aromatic rings. The van der Waals surface area contributed by atoms with Gasteiger partial charge in [0.25, 0.3) is 5.82 Å². The van der Waals surface area contributed by atoms with E-state index in [-0.39, 0.29) is 0 Å². The van der Waals surface area contributed by atoms with Crippen molar-refractivity contribution in [3.8, 4) is 0 Å². The lowest BCUT2D eigenvalue weighted by atomic mass is 10.1. The second-order valence-electron chi connectivity index (χ2n) is 11.8. The van der Waals surface area contributed by atoms with Crippen molar-refractivity contribution >= 4 is 0 Å². The average Bonchev–Trinajstić information content (AvgIpc) is 3.32. The molecule has 0 atom stereocenters. The smallest absolute Gasteiger partial charge is 0.234 e. The first kappa shape index (κ1) is 32.6. The highest BCUT2D eigenvalue weighted by Crippen LogP contribution is 2.14. The van der Waals surface area contributed by atoms with Crippen molar-refractivity contribution in [2.24, 2.45) is 0 Å². The predicted molar refractivity (Wildman–Crippen MR) is 167 cm³/mol. The third-order valence-corrected chi connectivity index (χ3v) is 8.30. The molecule has 38 heavy (non-hydrogen) atoms. The van der Waals surface area contributed by atoms with Crippen LogP contribution in [0.3, 0.4) is 0 Å². The number of aryl methyl sites for hydroxylation is 3. The summed E-state index contributed by atoms with van der Waals surface area (Å²) in [6.07, 6.45) is 36.7. The third kappa shape index (κ3) is 15.7. The number of hydrogen-bond acceptors (Lipinski definition) is 0. The second-order valence-corrected chi connectivity index (χ2v) is 11.8. The van der Waals surface area contributed by atoms with E-state index in [0.29, 0.717) is 0 Å². The Balaban J connectivity index is 1.70. The largest absolute Gasteiger partial charge is 0.256 e. The number of hydrogen-bond donors (Lipinski definition) is 0. The van der Waals surface area contributed by atoms with Crippen LogP contribution in [-0.4, -0.2) is 4.57 Å². The Morgan fingerprint density at radius 2 is 1.03 bits per heavy atom. The zero-order valence-electron chi connectivity index (χ0n) is 25.6. The molecule has 0 saturated heterocycles. The average molecular weight is 524 g/mol. The molecule has 0 fully saturated rings. The van der Waals surface area contributed by atoms with Crippen molar-refractivity contribution in [3.05, 3.63) is 54.1 Å². The minimum Gasteiger partial charge on any atom is -0.234 e. The summed E-state index contributed by atoms with van der Waals surface area (Å²) in [6, 6.07) is 11.0. The van der Waals surface area contributed by atoms with Gasteiger partial charge in [0.05, 0.1) is 13.1 Å². The highest BCUT2D eigenvalue weighted by atomic mass is 15.1. The van der Waals surface area contributed by atoms with Gasteiger partial charge in [0.1, 0.15) is 12.4 Å². The van der Waals surface area contributed by atoms with E-state index in [2.05, 4.69) is 65.7 Å². The van der Waals surface area contributed by atoms with Crippen LogP contribution in [0.5, 0.6) is 0 Å². The van der Waals surface area contributed by atoms with E-state index in [1.807, 2.05) is 0 Å². The SMILES string of the molecule is CCCCCCCCCCCCCn1cc[n+](CCCc2ccccc2)c1CCCCCCCCCCC. The van der Waals surface area contributed by atoms with Gasteiger partial charge in [-0.25, -0.2) is 9.13 Å². The van der Waals surface area contributed by atoms with Crippen molar-refractivity contribution in [2.45, 2.75) is 175 Å². The molecular formula is C36H63N2+. The van der Waals surface area contributed by atoms with E-state index in [4.69, 9.17) is 0 Å². The Morgan fingerprint density at radius 1 is 0.526 bits per heavy atom. The number of benzene rings is 1. The molecule has 1 heterocycles. The van der Waals surface area contributed by atoms with Gasteiger partial charge < -0.3 is 0 Å². The highest BCUT2D eigenvalue weighted by molar-refractivity contribution is 5.14. The number of unbranched alkanes of at least 4 members (excludes halogenated alkanes) is 18. The number of rotatable bonds is 26. The van der Waals surface area contributed by atoms with Gasteiger partial charge in [0, 0.05) is 6.42 Å². The van der Waals surface area contributed by atoms with Crippen LogP contribution in [-0.2, 0) is 25.9 Å². The Labute approximate surface area is 237 Å². The van der Waals surface area contributed by atoms with E-state index < -0.39 is 0 Å². The van der Waals surface area contributed by atoms with Crippen LogP contribution < -0.4 is 4.57 Å². The molecule has 2 nitrogen and oxygen atoms in total. The van der Waals surface area contributed by atoms with Crippen LogP contribution in [0.25, 0.3) is 0 Å². The molecule has 0 unspecified atom stereocenters. The van der Waals surface area contributed by atoms with Crippen LogP contribution in [0.15, 0.2) is 42.7 Å². The van der Waals surface area contributed by atoms with Gasteiger partial charge in [-0.3, -0.25) is 0 Å². The van der Waals surface area contributed by atoms with Gasteiger partial charge in [-0.15, -0.1) is 0 Å². The van der Waals surface area contributed by atoms with Gasteiger partial charge in [-0.2, -0.15) is 0 Å². The second kappa shape index (κ2) is 23.3. The summed E-state index contributed by atoms with van der Waals surface area (Å²) in [5.41, 5.74) is 1.47. The molecule has 0 spiro atoms.